The third-order valence-electron chi connectivity index (χ3n) is 2.97. The number of hydrogen-bond donors (Lipinski definition) is 2. The van der Waals surface area contributed by atoms with Crippen LogP contribution in [-0.2, 0) is 6.42 Å². The quantitative estimate of drug-likeness (QED) is 0.852. The molecule has 0 aromatic heterocycles. The maximum atomic E-state index is 9.27. The molecule has 0 spiro atoms. The number of hydrogen-bond acceptors (Lipinski definition) is 2. The summed E-state index contributed by atoms with van der Waals surface area (Å²) in [6.45, 7) is 4.12. The van der Waals surface area contributed by atoms with Crippen LogP contribution >= 0.6 is 0 Å². The summed E-state index contributed by atoms with van der Waals surface area (Å²) in [5.41, 5.74) is 4.44. The van der Waals surface area contributed by atoms with Gasteiger partial charge in [0.2, 0.25) is 0 Å². The highest BCUT2D eigenvalue weighted by molar-refractivity contribution is 5.68. The van der Waals surface area contributed by atoms with Crippen LogP contribution in [0.25, 0.3) is 5.57 Å². The second-order valence-corrected chi connectivity index (χ2v) is 4.23. The van der Waals surface area contributed by atoms with Crippen molar-refractivity contribution in [3.63, 3.8) is 0 Å². The highest BCUT2D eigenvalue weighted by atomic mass is 16.3. The van der Waals surface area contributed by atoms with E-state index in [1.807, 2.05) is 31.3 Å². The highest BCUT2D eigenvalue weighted by Crippen LogP contribution is 2.24. The lowest BCUT2D eigenvalue weighted by molar-refractivity contribution is 0.475. The summed E-state index contributed by atoms with van der Waals surface area (Å²) in [5.74, 6) is 0.280. The first-order chi connectivity index (χ1) is 8.70. The van der Waals surface area contributed by atoms with Crippen LogP contribution < -0.4 is 5.32 Å². The average molecular weight is 239 g/mol. The zero-order chi connectivity index (χ0) is 13.0. The van der Waals surface area contributed by atoms with Crippen LogP contribution in [0.4, 0.5) is 5.69 Å². The van der Waals surface area contributed by atoms with Gasteiger partial charge in [-0.15, -0.1) is 0 Å². The third kappa shape index (κ3) is 2.72. The van der Waals surface area contributed by atoms with Crippen molar-refractivity contribution in [1.29, 1.82) is 0 Å². The number of phenols is 1. The first-order valence-corrected chi connectivity index (χ1v) is 5.93. The minimum Gasteiger partial charge on any atom is -0.508 e. The van der Waals surface area contributed by atoms with E-state index in [9.17, 15) is 5.11 Å². The molecule has 0 heterocycles. The monoisotopic (exact) mass is 239 g/mol. The van der Waals surface area contributed by atoms with E-state index in [0.717, 1.165) is 23.2 Å². The van der Waals surface area contributed by atoms with Gasteiger partial charge in [-0.05, 0) is 41.3 Å². The predicted molar refractivity (Wildman–Crippen MR) is 76.8 cm³/mol. The van der Waals surface area contributed by atoms with Gasteiger partial charge >= 0.3 is 0 Å². The number of aromatic hydroxyl groups is 1. The second kappa shape index (κ2) is 5.41. The van der Waals surface area contributed by atoms with Crippen LogP contribution in [0.1, 0.15) is 11.1 Å². The van der Waals surface area contributed by atoms with Crippen molar-refractivity contribution in [2.75, 3.05) is 12.4 Å². The Morgan fingerprint density at radius 2 is 1.78 bits per heavy atom. The van der Waals surface area contributed by atoms with E-state index in [1.54, 1.807) is 12.1 Å². The fourth-order valence-corrected chi connectivity index (χ4v) is 1.95. The summed E-state index contributed by atoms with van der Waals surface area (Å²) in [6.07, 6.45) is 0.793. The minimum absolute atomic E-state index is 0.280. The Balaban J connectivity index is 2.18. The Kier molecular flexibility index (Phi) is 3.68. The number of allylic oxidation sites excluding steroid dienone is 1. The Bertz CT molecular complexity index is 543. The lowest BCUT2D eigenvalue weighted by Gasteiger charge is -2.11. The maximum absolute atomic E-state index is 9.27. The summed E-state index contributed by atoms with van der Waals surface area (Å²) >= 11 is 0. The number of para-hydroxylation sites is 1. The molecule has 0 unspecified atom stereocenters. The summed E-state index contributed by atoms with van der Waals surface area (Å²) < 4.78 is 0. The molecule has 2 aromatic rings. The first kappa shape index (κ1) is 12.2. The van der Waals surface area contributed by atoms with Crippen molar-refractivity contribution in [3.05, 3.63) is 66.2 Å². The molecule has 0 bridgehead atoms. The fraction of sp³-hybridized carbons (Fsp3) is 0.125. The van der Waals surface area contributed by atoms with Crippen molar-refractivity contribution in [3.8, 4) is 5.75 Å². The Morgan fingerprint density at radius 1 is 1.11 bits per heavy atom. The first-order valence-electron chi connectivity index (χ1n) is 5.93. The number of anilines is 1. The third-order valence-corrected chi connectivity index (χ3v) is 2.97. The van der Waals surface area contributed by atoms with Gasteiger partial charge in [0.15, 0.2) is 0 Å². The Labute approximate surface area is 108 Å². The van der Waals surface area contributed by atoms with Gasteiger partial charge < -0.3 is 10.4 Å². The van der Waals surface area contributed by atoms with Crippen molar-refractivity contribution >= 4 is 11.3 Å². The van der Waals surface area contributed by atoms with Crippen LogP contribution in [-0.4, -0.2) is 12.2 Å². The van der Waals surface area contributed by atoms with Crippen LogP contribution in [0.15, 0.2) is 55.1 Å². The van der Waals surface area contributed by atoms with E-state index < -0.39 is 0 Å². The van der Waals surface area contributed by atoms with Gasteiger partial charge in [-0.25, -0.2) is 0 Å². The van der Waals surface area contributed by atoms with Crippen molar-refractivity contribution < 1.29 is 5.11 Å². The van der Waals surface area contributed by atoms with Crippen LogP contribution in [0.3, 0.4) is 0 Å². The molecule has 92 valence electrons. The van der Waals surface area contributed by atoms with Gasteiger partial charge in [0.1, 0.15) is 5.75 Å². The molecule has 0 amide bonds. The minimum atomic E-state index is 0.280. The van der Waals surface area contributed by atoms with E-state index in [1.165, 1.54) is 5.56 Å². The van der Waals surface area contributed by atoms with Crippen LogP contribution in [0.2, 0.25) is 0 Å². The van der Waals surface area contributed by atoms with Crippen molar-refractivity contribution in [2.24, 2.45) is 0 Å². The molecule has 2 nitrogen and oxygen atoms in total. The number of nitrogens with one attached hydrogen (secondary N) is 1. The summed E-state index contributed by atoms with van der Waals surface area (Å²) in [5, 5.41) is 12.5. The molecular formula is C16H17NO. The predicted octanol–water partition coefficient (Wildman–Crippen LogP) is 3.69. The lowest BCUT2D eigenvalue weighted by Crippen LogP contribution is -1.96. The zero-order valence-electron chi connectivity index (χ0n) is 10.5. The second-order valence-electron chi connectivity index (χ2n) is 4.23. The highest BCUT2D eigenvalue weighted by Gasteiger charge is 2.04. The van der Waals surface area contributed by atoms with Crippen LogP contribution in [0.5, 0.6) is 5.75 Å². The van der Waals surface area contributed by atoms with Gasteiger partial charge in [-0.2, -0.15) is 0 Å². The standard InChI is InChI=1S/C16H17NO/c1-12(13-7-9-15(18)10-8-13)11-14-5-3-4-6-16(14)17-2/h3-10,17-18H,1,11H2,2H3. The SMILES string of the molecule is C=C(Cc1ccccc1NC)c1ccc(O)cc1. The number of phenolic OH excluding ortho intramolecular Hbond substituents is 1. The number of benzene rings is 2. The van der Waals surface area contributed by atoms with Crippen molar-refractivity contribution in [1.82, 2.24) is 0 Å². The van der Waals surface area contributed by atoms with E-state index in [4.69, 9.17) is 0 Å². The van der Waals surface area contributed by atoms with Gasteiger partial charge in [-0.1, -0.05) is 36.9 Å². The Hall–Kier alpha value is -2.22. The Morgan fingerprint density at radius 3 is 2.44 bits per heavy atom. The molecule has 18 heavy (non-hydrogen) atoms. The van der Waals surface area contributed by atoms with Gasteiger partial charge in [-0.3, -0.25) is 0 Å². The molecule has 2 heteroatoms. The van der Waals surface area contributed by atoms with Gasteiger partial charge in [0.25, 0.3) is 0 Å². The molecule has 0 aliphatic rings. The lowest BCUT2D eigenvalue weighted by atomic mass is 9.98. The van der Waals surface area contributed by atoms with E-state index in [0.29, 0.717) is 0 Å². The van der Waals surface area contributed by atoms with E-state index in [-0.39, 0.29) is 5.75 Å². The van der Waals surface area contributed by atoms with Gasteiger partial charge in [0, 0.05) is 12.7 Å². The molecule has 0 radical (unpaired) electrons. The topological polar surface area (TPSA) is 32.3 Å². The van der Waals surface area contributed by atoms with E-state index >= 15 is 0 Å². The molecule has 0 saturated heterocycles. The zero-order valence-corrected chi connectivity index (χ0v) is 10.5. The molecule has 0 saturated carbocycles. The molecule has 0 aliphatic heterocycles. The fourth-order valence-electron chi connectivity index (χ4n) is 1.95. The average Bonchev–Trinajstić information content (AvgIpc) is 2.40. The summed E-state index contributed by atoms with van der Waals surface area (Å²) in [4.78, 5) is 0. The molecule has 2 rings (SSSR count). The molecule has 0 fully saturated rings. The van der Waals surface area contributed by atoms with Crippen LogP contribution in [0, 0.1) is 0 Å². The summed E-state index contributed by atoms with van der Waals surface area (Å²) in [7, 11) is 1.92. The maximum Gasteiger partial charge on any atom is 0.115 e. The smallest absolute Gasteiger partial charge is 0.115 e. The molecule has 0 atom stereocenters. The normalized spacial score (nSPS) is 10.1. The van der Waals surface area contributed by atoms with E-state index in [2.05, 4.69) is 24.0 Å². The van der Waals surface area contributed by atoms with Gasteiger partial charge in [0.05, 0.1) is 0 Å². The summed E-state index contributed by atoms with van der Waals surface area (Å²) in [6, 6.07) is 15.3. The molecular weight excluding hydrogens is 222 g/mol. The van der Waals surface area contributed by atoms with Crippen molar-refractivity contribution in [2.45, 2.75) is 6.42 Å². The molecule has 2 N–H and O–H groups in total. The number of rotatable bonds is 4. The largest absolute Gasteiger partial charge is 0.508 e. The molecule has 2 aromatic carbocycles. The molecule has 0 aliphatic carbocycles.